The Morgan fingerprint density at radius 1 is 1.10 bits per heavy atom. The van der Waals surface area contributed by atoms with Gasteiger partial charge in [-0.05, 0) is 30.5 Å². The number of rotatable bonds is 14. The lowest BCUT2D eigenvalue weighted by atomic mass is 10.0. The second-order valence-electron chi connectivity index (χ2n) is 9.82. The molecule has 2 rings (SSSR count). The zero-order chi connectivity index (χ0) is 30.2. The van der Waals surface area contributed by atoms with Crippen molar-refractivity contribution in [3.05, 3.63) is 23.8 Å². The highest BCUT2D eigenvalue weighted by molar-refractivity contribution is 7.85. The number of benzene rings is 1. The lowest BCUT2D eigenvalue weighted by Crippen LogP contribution is -2.53. The summed E-state index contributed by atoms with van der Waals surface area (Å²) >= 11 is 0. The first-order valence-electron chi connectivity index (χ1n) is 12.7. The summed E-state index contributed by atoms with van der Waals surface area (Å²) in [5.74, 6) is -2.98. The van der Waals surface area contributed by atoms with E-state index in [1.807, 2.05) is 0 Å². The van der Waals surface area contributed by atoms with E-state index in [9.17, 15) is 42.0 Å². The second kappa shape index (κ2) is 14.3. The van der Waals surface area contributed by atoms with Crippen LogP contribution in [0.1, 0.15) is 46.1 Å². The molecular weight excluding hydrogens is 548 g/mol. The van der Waals surface area contributed by atoms with Crippen molar-refractivity contribution in [1.82, 2.24) is 15.5 Å². The van der Waals surface area contributed by atoms with E-state index in [2.05, 4.69) is 16.0 Å². The van der Waals surface area contributed by atoms with Crippen molar-refractivity contribution in [2.45, 2.75) is 64.1 Å². The Balaban J connectivity index is 1.85. The number of nitrogens with one attached hydrogen (secondary N) is 3. The van der Waals surface area contributed by atoms with Crippen LogP contribution >= 0.6 is 0 Å². The Labute approximate surface area is 232 Å². The summed E-state index contributed by atoms with van der Waals surface area (Å²) in [4.78, 5) is 62.1. The van der Waals surface area contributed by atoms with Crippen LogP contribution < -0.4 is 16.0 Å². The first-order chi connectivity index (χ1) is 18.6. The Morgan fingerprint density at radius 2 is 1.77 bits per heavy atom. The zero-order valence-electron chi connectivity index (χ0n) is 22.8. The number of anilines is 1. The van der Waals surface area contributed by atoms with E-state index < -0.39 is 51.4 Å². The van der Waals surface area contributed by atoms with Crippen molar-refractivity contribution < 1.29 is 46.8 Å². The van der Waals surface area contributed by atoms with Gasteiger partial charge >= 0.3 is 0 Å². The fraction of sp³-hybridized carbons (Fsp3) is 0.560. The minimum Gasteiger partial charge on any atom is -0.392 e. The van der Waals surface area contributed by atoms with Gasteiger partial charge < -0.3 is 25.8 Å². The second-order valence-corrected chi connectivity index (χ2v) is 11.2. The van der Waals surface area contributed by atoms with E-state index in [0.29, 0.717) is 0 Å². The summed E-state index contributed by atoms with van der Waals surface area (Å²) in [7, 11) is -4.66. The van der Waals surface area contributed by atoms with Gasteiger partial charge in [0, 0.05) is 24.4 Å². The van der Waals surface area contributed by atoms with Gasteiger partial charge in [0.05, 0.1) is 26.4 Å². The van der Waals surface area contributed by atoms with Crippen molar-refractivity contribution in [3.8, 4) is 0 Å². The molecule has 1 aliphatic heterocycles. The lowest BCUT2D eigenvalue weighted by molar-refractivity contribution is -0.140. The highest BCUT2D eigenvalue weighted by atomic mass is 32.2. The number of hydrogen-bond acceptors (Lipinski definition) is 9. The smallest absolute Gasteiger partial charge is 0.294 e. The largest absolute Gasteiger partial charge is 0.392 e. The average molecular weight is 585 g/mol. The lowest BCUT2D eigenvalue weighted by Gasteiger charge is -2.24. The Kier molecular flexibility index (Phi) is 11.7. The van der Waals surface area contributed by atoms with Crippen LogP contribution in [0, 0.1) is 11.8 Å². The molecule has 1 aromatic carbocycles. The molecule has 15 heteroatoms. The van der Waals surface area contributed by atoms with Gasteiger partial charge in [-0.2, -0.15) is 8.42 Å². The van der Waals surface area contributed by atoms with Crippen LogP contribution in [-0.4, -0.2) is 84.4 Å². The Bertz CT molecular complexity index is 1230. The molecule has 1 aromatic rings. The SMILES string of the molecule is CC1CC(=O)N(CCOCCC(=O)NC(C(=O)N[C@@H](C)C(=O)Nc2ccc(CO)c(S(=O)(=O)O)c2)C(C)C)C1=O. The Hall–Kier alpha value is -3.40. The maximum absolute atomic E-state index is 12.8. The third kappa shape index (κ3) is 9.08. The molecule has 5 amide bonds. The van der Waals surface area contributed by atoms with Crippen LogP contribution in [0.2, 0.25) is 0 Å². The quantitative estimate of drug-likeness (QED) is 0.111. The molecule has 1 aliphatic rings. The van der Waals surface area contributed by atoms with Crippen molar-refractivity contribution in [2.24, 2.45) is 11.8 Å². The van der Waals surface area contributed by atoms with E-state index >= 15 is 0 Å². The number of amides is 5. The molecule has 0 spiro atoms. The van der Waals surface area contributed by atoms with Gasteiger partial charge in [-0.15, -0.1) is 0 Å². The molecule has 0 bridgehead atoms. The van der Waals surface area contributed by atoms with E-state index in [4.69, 9.17) is 4.74 Å². The molecule has 2 unspecified atom stereocenters. The van der Waals surface area contributed by atoms with Gasteiger partial charge in [-0.25, -0.2) is 0 Å². The summed E-state index contributed by atoms with van der Waals surface area (Å²) in [6.45, 7) is 6.01. The molecule has 1 saturated heterocycles. The molecule has 1 heterocycles. The summed E-state index contributed by atoms with van der Waals surface area (Å²) in [5, 5.41) is 16.8. The van der Waals surface area contributed by atoms with E-state index in [-0.39, 0.29) is 67.5 Å². The molecule has 0 aliphatic carbocycles. The predicted octanol–water partition coefficient (Wildman–Crippen LogP) is -0.189. The Morgan fingerprint density at radius 3 is 2.33 bits per heavy atom. The monoisotopic (exact) mass is 584 g/mol. The molecule has 0 aromatic heterocycles. The minimum absolute atomic E-state index is 0.00344. The number of aliphatic hydroxyl groups excluding tert-OH is 1. The van der Waals surface area contributed by atoms with Crippen LogP contribution in [-0.2, 0) is 45.4 Å². The molecule has 14 nitrogen and oxygen atoms in total. The van der Waals surface area contributed by atoms with Crippen molar-refractivity contribution in [2.75, 3.05) is 25.1 Å². The molecule has 40 heavy (non-hydrogen) atoms. The molecular formula is C25H36N4O10S. The van der Waals surface area contributed by atoms with Gasteiger partial charge in [0.2, 0.25) is 29.5 Å². The fourth-order valence-corrected chi connectivity index (χ4v) is 4.65. The summed E-state index contributed by atoms with van der Waals surface area (Å²) in [6, 6.07) is 1.47. The van der Waals surface area contributed by atoms with Crippen molar-refractivity contribution in [1.29, 1.82) is 0 Å². The standard InChI is InChI=1S/C25H36N4O10S/c1-14(2)22(28-20(31)7-9-39-10-8-29-21(32)11-15(3)25(29)35)24(34)26-16(4)23(33)27-18-6-5-17(13-30)19(12-18)40(36,37)38/h5-6,12,14-16,22,30H,7-11,13H2,1-4H3,(H,26,34)(H,27,33)(H,28,31)(H,36,37,38)/t15?,16-,22?/m0/s1. The number of nitrogens with zero attached hydrogens (tertiary/aromatic N) is 1. The van der Waals surface area contributed by atoms with Gasteiger partial charge in [-0.1, -0.05) is 26.8 Å². The van der Waals surface area contributed by atoms with Gasteiger partial charge in [0.25, 0.3) is 10.1 Å². The average Bonchev–Trinajstić information content (AvgIpc) is 3.11. The first-order valence-corrected chi connectivity index (χ1v) is 14.1. The van der Waals surface area contributed by atoms with Crippen LogP contribution in [0.25, 0.3) is 0 Å². The summed E-state index contributed by atoms with van der Waals surface area (Å²) in [5.41, 5.74) is -0.0493. The number of imide groups is 1. The third-order valence-corrected chi connectivity index (χ3v) is 7.14. The number of carbonyl (C=O) groups excluding carboxylic acids is 5. The number of carbonyl (C=O) groups is 5. The van der Waals surface area contributed by atoms with E-state index in [0.717, 1.165) is 11.0 Å². The van der Waals surface area contributed by atoms with E-state index in [1.165, 1.54) is 19.1 Å². The summed E-state index contributed by atoms with van der Waals surface area (Å²) < 4.78 is 37.8. The number of aliphatic hydroxyl groups is 1. The molecule has 1 fully saturated rings. The number of hydrogen-bond donors (Lipinski definition) is 5. The summed E-state index contributed by atoms with van der Waals surface area (Å²) in [6.07, 6.45) is 0.0949. The van der Waals surface area contributed by atoms with Gasteiger partial charge in [0.15, 0.2) is 0 Å². The number of likely N-dealkylation sites (tertiary alicyclic amines) is 1. The first kappa shape index (κ1) is 32.8. The molecule has 222 valence electrons. The minimum atomic E-state index is -4.66. The van der Waals surface area contributed by atoms with Crippen molar-refractivity contribution in [3.63, 3.8) is 0 Å². The highest BCUT2D eigenvalue weighted by Crippen LogP contribution is 2.21. The molecule has 3 atom stereocenters. The van der Waals surface area contributed by atoms with E-state index in [1.54, 1.807) is 20.8 Å². The third-order valence-electron chi connectivity index (χ3n) is 6.20. The molecule has 0 radical (unpaired) electrons. The van der Waals surface area contributed by atoms with Gasteiger partial charge in [-0.3, -0.25) is 33.4 Å². The number of ether oxygens (including phenoxy) is 1. The highest BCUT2D eigenvalue weighted by Gasteiger charge is 2.35. The normalized spacial score (nSPS) is 17.1. The van der Waals surface area contributed by atoms with Crippen molar-refractivity contribution >= 4 is 45.3 Å². The van der Waals surface area contributed by atoms with Crippen LogP contribution in [0.4, 0.5) is 5.69 Å². The fourth-order valence-electron chi connectivity index (χ4n) is 3.91. The maximum Gasteiger partial charge on any atom is 0.294 e. The van der Waals surface area contributed by atoms with Crippen LogP contribution in [0.5, 0.6) is 0 Å². The predicted molar refractivity (Wildman–Crippen MR) is 141 cm³/mol. The maximum atomic E-state index is 12.8. The van der Waals surface area contributed by atoms with Crippen LogP contribution in [0.15, 0.2) is 23.1 Å². The molecule has 5 N–H and O–H groups in total. The van der Waals surface area contributed by atoms with Gasteiger partial charge in [0.1, 0.15) is 17.0 Å². The molecule has 0 saturated carbocycles. The topological polar surface area (TPSA) is 209 Å². The van der Waals surface area contributed by atoms with Crippen LogP contribution in [0.3, 0.4) is 0 Å². The zero-order valence-corrected chi connectivity index (χ0v) is 23.6.